The highest BCUT2D eigenvalue weighted by Gasteiger charge is 2.28. The molecule has 0 aromatic carbocycles. The molecule has 0 bridgehead atoms. The topological polar surface area (TPSA) is 149 Å². The van der Waals surface area contributed by atoms with Gasteiger partial charge in [-0.05, 0) is 0 Å². The van der Waals surface area contributed by atoms with Gasteiger partial charge >= 0.3 is 11.9 Å². The van der Waals surface area contributed by atoms with Crippen molar-refractivity contribution in [3.63, 3.8) is 0 Å². The normalized spacial score (nSPS) is 13.2. The molecule has 1 aromatic rings. The van der Waals surface area contributed by atoms with Crippen molar-refractivity contribution in [3.05, 3.63) is 12.5 Å². The summed E-state index contributed by atoms with van der Waals surface area (Å²) < 4.78 is 24.8. The Balaban J connectivity index is 2.87. The average molecular weight is 263 g/mol. The van der Waals surface area contributed by atoms with Crippen LogP contribution in [-0.4, -0.2) is 46.6 Å². The zero-order chi connectivity index (χ0) is 13.1. The van der Waals surface area contributed by atoms with Gasteiger partial charge in [0.25, 0.3) is 10.0 Å². The summed E-state index contributed by atoms with van der Waals surface area (Å²) in [5.74, 6) is -3.00. The molecule has 0 saturated heterocycles. The Bertz CT molecular complexity index is 508. The first-order valence-corrected chi connectivity index (χ1v) is 5.76. The number of carbonyl (C=O) groups is 2. The van der Waals surface area contributed by atoms with Crippen molar-refractivity contribution in [3.8, 4) is 0 Å². The third-order valence-electron chi connectivity index (χ3n) is 1.74. The minimum absolute atomic E-state index is 0.339. The Morgan fingerprint density at radius 1 is 1.47 bits per heavy atom. The maximum Gasteiger partial charge on any atom is 0.322 e. The molecular weight excluding hydrogens is 254 g/mol. The van der Waals surface area contributed by atoms with E-state index in [4.69, 9.17) is 10.2 Å². The van der Waals surface area contributed by atoms with Crippen LogP contribution in [0.25, 0.3) is 0 Å². The molecule has 0 fully saturated rings. The lowest BCUT2D eigenvalue weighted by atomic mass is 10.2. The zero-order valence-corrected chi connectivity index (χ0v) is 9.14. The molecule has 1 aromatic heterocycles. The quantitative estimate of drug-likeness (QED) is 0.493. The maximum atomic E-state index is 11.6. The summed E-state index contributed by atoms with van der Waals surface area (Å²) in [6.07, 6.45) is 1.21. The summed E-state index contributed by atoms with van der Waals surface area (Å²) >= 11 is 0. The van der Waals surface area contributed by atoms with Gasteiger partial charge in [0.1, 0.15) is 6.04 Å². The number of hydrogen-bond acceptors (Lipinski definition) is 5. The van der Waals surface area contributed by atoms with Crippen LogP contribution in [0.4, 0.5) is 0 Å². The number of carboxylic acids is 2. The summed E-state index contributed by atoms with van der Waals surface area (Å²) in [4.78, 5) is 26.8. The van der Waals surface area contributed by atoms with E-state index in [1.165, 1.54) is 0 Å². The van der Waals surface area contributed by atoms with Gasteiger partial charge in [0.05, 0.1) is 18.9 Å². The molecule has 9 nitrogen and oxygen atoms in total. The number of aromatic nitrogens is 2. The predicted octanol–water partition coefficient (Wildman–Crippen LogP) is -1.38. The first-order chi connectivity index (χ1) is 7.83. The van der Waals surface area contributed by atoms with Gasteiger partial charge in [-0.3, -0.25) is 9.59 Å². The van der Waals surface area contributed by atoms with Crippen molar-refractivity contribution < 1.29 is 28.2 Å². The summed E-state index contributed by atoms with van der Waals surface area (Å²) in [5.41, 5.74) is 0. The number of H-pyrrole nitrogens is 1. The van der Waals surface area contributed by atoms with Crippen LogP contribution < -0.4 is 4.72 Å². The van der Waals surface area contributed by atoms with Crippen molar-refractivity contribution in [2.45, 2.75) is 17.5 Å². The third kappa shape index (κ3) is 3.53. The lowest BCUT2D eigenvalue weighted by Gasteiger charge is -2.11. The van der Waals surface area contributed by atoms with Gasteiger partial charge in [0.2, 0.25) is 0 Å². The van der Waals surface area contributed by atoms with Crippen LogP contribution in [0.2, 0.25) is 0 Å². The van der Waals surface area contributed by atoms with E-state index in [9.17, 15) is 18.0 Å². The Morgan fingerprint density at radius 2 is 2.12 bits per heavy atom. The second kappa shape index (κ2) is 4.93. The largest absolute Gasteiger partial charge is 0.481 e. The number of aliphatic carboxylic acids is 2. The van der Waals surface area contributed by atoms with Crippen molar-refractivity contribution in [2.75, 3.05) is 0 Å². The van der Waals surface area contributed by atoms with E-state index in [2.05, 4.69) is 9.97 Å². The van der Waals surface area contributed by atoms with Gasteiger partial charge in [-0.1, -0.05) is 0 Å². The monoisotopic (exact) mass is 263 g/mol. The highest BCUT2D eigenvalue weighted by atomic mass is 32.2. The Morgan fingerprint density at radius 3 is 2.53 bits per heavy atom. The predicted molar refractivity (Wildman–Crippen MR) is 52.6 cm³/mol. The molecule has 10 heteroatoms. The fourth-order valence-corrected chi connectivity index (χ4v) is 2.09. The standard InChI is InChI=1S/C7H9N3O6S/c11-6(12)1-4(7(13)14)10-17(15,16)5-2-8-3-9-5/h2-4,10H,1H2,(H,8,9)(H,11,12)(H,13,14)/t4-/m0/s1. The molecule has 0 aliphatic rings. The SMILES string of the molecule is O=C(O)C[C@H](NS(=O)(=O)c1cnc[nH]1)C(=O)O. The minimum Gasteiger partial charge on any atom is -0.481 e. The molecule has 4 N–H and O–H groups in total. The second-order valence-corrected chi connectivity index (χ2v) is 4.71. The molecule has 0 aliphatic heterocycles. The van der Waals surface area contributed by atoms with Crippen LogP contribution in [0.3, 0.4) is 0 Å². The van der Waals surface area contributed by atoms with Gasteiger partial charge in [-0.25, -0.2) is 13.4 Å². The van der Waals surface area contributed by atoms with Crippen LogP contribution in [0, 0.1) is 0 Å². The smallest absolute Gasteiger partial charge is 0.322 e. The minimum atomic E-state index is -4.12. The maximum absolute atomic E-state index is 11.6. The van der Waals surface area contributed by atoms with Crippen molar-refractivity contribution in [1.82, 2.24) is 14.7 Å². The number of sulfonamides is 1. The van der Waals surface area contributed by atoms with Crippen LogP contribution in [-0.2, 0) is 19.6 Å². The van der Waals surface area contributed by atoms with Crippen molar-refractivity contribution >= 4 is 22.0 Å². The molecular formula is C7H9N3O6S. The van der Waals surface area contributed by atoms with E-state index in [-0.39, 0.29) is 5.03 Å². The molecule has 0 amide bonds. The van der Waals surface area contributed by atoms with Gasteiger partial charge in [0, 0.05) is 0 Å². The van der Waals surface area contributed by atoms with Crippen molar-refractivity contribution in [2.24, 2.45) is 0 Å². The fourth-order valence-electron chi connectivity index (χ4n) is 0.995. The average Bonchev–Trinajstić information content (AvgIpc) is 2.68. The molecule has 0 unspecified atom stereocenters. The molecule has 0 saturated carbocycles. The van der Waals surface area contributed by atoms with Gasteiger partial charge in [-0.15, -0.1) is 0 Å². The number of nitrogens with zero attached hydrogens (tertiary/aromatic N) is 1. The number of nitrogens with one attached hydrogen (secondary N) is 2. The Kier molecular flexibility index (Phi) is 3.81. The summed E-state index contributed by atoms with van der Waals surface area (Å²) in [6, 6.07) is -1.74. The second-order valence-electron chi connectivity index (χ2n) is 3.03. The zero-order valence-electron chi connectivity index (χ0n) is 8.32. The Hall–Kier alpha value is -1.94. The van der Waals surface area contributed by atoms with Crippen LogP contribution in [0.1, 0.15) is 6.42 Å². The fraction of sp³-hybridized carbons (Fsp3) is 0.286. The first-order valence-electron chi connectivity index (χ1n) is 4.28. The molecule has 1 heterocycles. The van der Waals surface area contributed by atoms with Gasteiger partial charge in [0.15, 0.2) is 5.03 Å². The van der Waals surface area contributed by atoms with Crippen LogP contribution in [0.5, 0.6) is 0 Å². The molecule has 17 heavy (non-hydrogen) atoms. The molecule has 1 atom stereocenters. The Labute approximate surface area is 95.5 Å². The number of rotatable bonds is 6. The summed E-state index contributed by atoms with van der Waals surface area (Å²) in [5, 5.41) is 16.8. The number of imidazole rings is 1. The highest BCUT2D eigenvalue weighted by Crippen LogP contribution is 2.05. The number of hydrogen-bond donors (Lipinski definition) is 4. The number of aromatic amines is 1. The van der Waals surface area contributed by atoms with Gasteiger partial charge < -0.3 is 15.2 Å². The summed E-state index contributed by atoms with van der Waals surface area (Å²) in [7, 11) is -4.12. The first kappa shape index (κ1) is 13.1. The number of carboxylic acid groups (broad SMARTS) is 2. The van der Waals surface area contributed by atoms with Crippen molar-refractivity contribution in [1.29, 1.82) is 0 Å². The van der Waals surface area contributed by atoms with Crippen LogP contribution in [0.15, 0.2) is 17.6 Å². The van der Waals surface area contributed by atoms with E-state index in [0.717, 1.165) is 12.5 Å². The summed E-state index contributed by atoms with van der Waals surface area (Å²) in [6.45, 7) is 0. The van der Waals surface area contributed by atoms with E-state index >= 15 is 0 Å². The molecule has 0 spiro atoms. The van der Waals surface area contributed by atoms with E-state index in [0.29, 0.717) is 0 Å². The molecule has 0 aliphatic carbocycles. The molecule has 1 rings (SSSR count). The third-order valence-corrected chi connectivity index (χ3v) is 3.13. The lowest BCUT2D eigenvalue weighted by molar-refractivity contribution is -0.145. The molecule has 94 valence electrons. The molecule has 0 radical (unpaired) electrons. The highest BCUT2D eigenvalue weighted by molar-refractivity contribution is 7.89. The van der Waals surface area contributed by atoms with Gasteiger partial charge in [-0.2, -0.15) is 4.72 Å². The van der Waals surface area contributed by atoms with Crippen LogP contribution >= 0.6 is 0 Å². The van der Waals surface area contributed by atoms with E-state index < -0.39 is 34.4 Å². The van der Waals surface area contributed by atoms with E-state index in [1.54, 1.807) is 4.72 Å². The van der Waals surface area contributed by atoms with E-state index in [1.807, 2.05) is 0 Å². The lowest BCUT2D eigenvalue weighted by Crippen LogP contribution is -2.42.